The molecule has 1 aliphatic rings. The molecule has 2 heterocycles. The molecule has 0 radical (unpaired) electrons. The van der Waals surface area contributed by atoms with E-state index in [1.54, 1.807) is 0 Å². The molecule has 0 N–H and O–H groups in total. The van der Waals surface area contributed by atoms with E-state index in [0.717, 1.165) is 12.8 Å². The van der Waals surface area contributed by atoms with Gasteiger partial charge in [0.1, 0.15) is 4.90 Å². The van der Waals surface area contributed by atoms with Crippen molar-refractivity contribution in [2.45, 2.75) is 23.8 Å². The number of sulfonamides is 1. The molecule has 2 rings (SSSR count). The van der Waals surface area contributed by atoms with Crippen LogP contribution in [0.5, 0.6) is 0 Å². The molecular formula is C11H17ClN4O2S. The topological polar surface area (TPSA) is 66.4 Å². The second-order valence-corrected chi connectivity index (χ2v) is 7.09. The van der Waals surface area contributed by atoms with Crippen molar-refractivity contribution < 1.29 is 8.42 Å². The van der Waals surface area contributed by atoms with E-state index >= 15 is 0 Å². The average Bonchev–Trinajstić information content (AvgIpc) is 2.39. The number of nitrogens with zero attached hydrogens (tertiary/aromatic N) is 4. The fourth-order valence-corrected chi connectivity index (χ4v) is 3.65. The van der Waals surface area contributed by atoms with Gasteiger partial charge in [0.2, 0.25) is 15.3 Å². The Morgan fingerprint density at radius 1 is 1.37 bits per heavy atom. The molecule has 0 saturated carbocycles. The first kappa shape index (κ1) is 14.6. The molecule has 0 aromatic carbocycles. The third-order valence-electron chi connectivity index (χ3n) is 3.32. The molecule has 6 nitrogen and oxygen atoms in total. The number of hydrogen-bond acceptors (Lipinski definition) is 5. The average molecular weight is 305 g/mol. The van der Waals surface area contributed by atoms with E-state index in [-0.39, 0.29) is 16.2 Å². The van der Waals surface area contributed by atoms with Crippen molar-refractivity contribution in [1.29, 1.82) is 0 Å². The molecule has 1 fully saturated rings. The highest BCUT2D eigenvalue weighted by atomic mass is 35.5. The molecule has 0 spiro atoms. The van der Waals surface area contributed by atoms with E-state index in [0.29, 0.717) is 13.1 Å². The fourth-order valence-electron chi connectivity index (χ4n) is 2.14. The first-order chi connectivity index (χ1) is 8.91. The first-order valence-electron chi connectivity index (χ1n) is 6.05. The van der Waals surface area contributed by atoms with Gasteiger partial charge in [-0.05, 0) is 38.5 Å². The quantitative estimate of drug-likeness (QED) is 0.774. The third kappa shape index (κ3) is 3.22. The SMILES string of the molecule is CN(C)C1CCCN(S(=O)(=O)c2cnc(Cl)nc2)C1. The van der Waals surface area contributed by atoms with Crippen LogP contribution in [0.4, 0.5) is 0 Å². The van der Waals surface area contributed by atoms with Crippen LogP contribution in [-0.2, 0) is 10.0 Å². The van der Waals surface area contributed by atoms with Crippen molar-refractivity contribution in [2.24, 2.45) is 0 Å². The Kier molecular flexibility index (Phi) is 4.39. The molecule has 0 aliphatic carbocycles. The molecule has 8 heteroatoms. The van der Waals surface area contributed by atoms with Gasteiger partial charge in [0, 0.05) is 19.1 Å². The highest BCUT2D eigenvalue weighted by Gasteiger charge is 2.31. The summed E-state index contributed by atoms with van der Waals surface area (Å²) in [5.41, 5.74) is 0. The predicted octanol–water partition coefficient (Wildman–Crippen LogP) is 0.845. The lowest BCUT2D eigenvalue weighted by Crippen LogP contribution is -2.47. The second kappa shape index (κ2) is 5.70. The van der Waals surface area contributed by atoms with Gasteiger partial charge in [-0.25, -0.2) is 18.4 Å². The lowest BCUT2D eigenvalue weighted by molar-refractivity contribution is 0.190. The van der Waals surface area contributed by atoms with Crippen LogP contribution in [0.2, 0.25) is 5.28 Å². The number of aromatic nitrogens is 2. The van der Waals surface area contributed by atoms with Crippen LogP contribution in [0.1, 0.15) is 12.8 Å². The summed E-state index contributed by atoms with van der Waals surface area (Å²) < 4.78 is 26.4. The number of rotatable bonds is 3. The standard InChI is InChI=1S/C11H17ClN4O2S/c1-15(2)9-4-3-5-16(8-9)19(17,18)10-6-13-11(12)14-7-10/h6-7,9H,3-5,8H2,1-2H3. The first-order valence-corrected chi connectivity index (χ1v) is 7.87. The molecule has 1 unspecified atom stereocenters. The summed E-state index contributed by atoms with van der Waals surface area (Å²) in [6, 6.07) is 0.247. The van der Waals surface area contributed by atoms with Gasteiger partial charge in [0.05, 0.1) is 12.4 Å². The number of likely N-dealkylation sites (N-methyl/N-ethyl adjacent to an activating group) is 1. The van der Waals surface area contributed by atoms with E-state index in [2.05, 4.69) is 14.9 Å². The van der Waals surface area contributed by atoms with E-state index < -0.39 is 10.0 Å². The lowest BCUT2D eigenvalue weighted by atomic mass is 10.1. The Labute approximate surface area is 118 Å². The van der Waals surface area contributed by atoms with Crippen LogP contribution < -0.4 is 0 Å². The normalized spacial score (nSPS) is 21.8. The second-order valence-electron chi connectivity index (χ2n) is 4.81. The van der Waals surface area contributed by atoms with Crippen LogP contribution in [0.15, 0.2) is 17.3 Å². The highest BCUT2D eigenvalue weighted by molar-refractivity contribution is 7.89. The van der Waals surface area contributed by atoms with E-state index in [1.165, 1.54) is 16.7 Å². The Morgan fingerprint density at radius 3 is 2.58 bits per heavy atom. The zero-order valence-electron chi connectivity index (χ0n) is 11.0. The van der Waals surface area contributed by atoms with Gasteiger partial charge in [-0.2, -0.15) is 4.31 Å². The molecule has 1 atom stereocenters. The fraction of sp³-hybridized carbons (Fsp3) is 0.636. The lowest BCUT2D eigenvalue weighted by Gasteiger charge is -2.35. The minimum absolute atomic E-state index is 0.0452. The smallest absolute Gasteiger partial charge is 0.246 e. The minimum atomic E-state index is -3.52. The van der Waals surface area contributed by atoms with Crippen LogP contribution in [0, 0.1) is 0 Å². The Balaban J connectivity index is 2.22. The maximum atomic E-state index is 12.5. The molecule has 19 heavy (non-hydrogen) atoms. The molecule has 1 aromatic rings. The van der Waals surface area contributed by atoms with Crippen molar-refractivity contribution in [2.75, 3.05) is 27.2 Å². The summed E-state index contributed by atoms with van der Waals surface area (Å²) in [5, 5.41) is 0.0452. The van der Waals surface area contributed by atoms with E-state index in [4.69, 9.17) is 11.6 Å². The van der Waals surface area contributed by atoms with Crippen molar-refractivity contribution in [3.8, 4) is 0 Å². The van der Waals surface area contributed by atoms with Crippen molar-refractivity contribution in [1.82, 2.24) is 19.2 Å². The summed E-state index contributed by atoms with van der Waals surface area (Å²) >= 11 is 5.57. The summed E-state index contributed by atoms with van der Waals surface area (Å²) in [6.07, 6.45) is 4.38. The van der Waals surface area contributed by atoms with Crippen molar-refractivity contribution in [3.63, 3.8) is 0 Å². The molecule has 106 valence electrons. The molecule has 0 bridgehead atoms. The highest BCUT2D eigenvalue weighted by Crippen LogP contribution is 2.21. The minimum Gasteiger partial charge on any atom is -0.305 e. The summed E-state index contributed by atoms with van der Waals surface area (Å²) in [6.45, 7) is 1.03. The molecule has 1 aromatic heterocycles. The Bertz CT molecular complexity index is 532. The van der Waals surface area contributed by atoms with Crippen molar-refractivity contribution >= 4 is 21.6 Å². The Morgan fingerprint density at radius 2 is 2.00 bits per heavy atom. The van der Waals surface area contributed by atoms with Crippen LogP contribution in [-0.4, -0.2) is 60.8 Å². The number of halogens is 1. The zero-order valence-corrected chi connectivity index (χ0v) is 12.5. The third-order valence-corrected chi connectivity index (χ3v) is 5.34. The van der Waals surface area contributed by atoms with Crippen molar-refractivity contribution in [3.05, 3.63) is 17.7 Å². The maximum Gasteiger partial charge on any atom is 0.246 e. The molecule has 1 saturated heterocycles. The van der Waals surface area contributed by atoms with Gasteiger partial charge in [0.25, 0.3) is 0 Å². The zero-order chi connectivity index (χ0) is 14.0. The summed E-state index contributed by atoms with van der Waals surface area (Å²) in [4.78, 5) is 9.61. The maximum absolute atomic E-state index is 12.5. The molecular weight excluding hydrogens is 288 g/mol. The Hall–Kier alpha value is -0.760. The molecule has 1 aliphatic heterocycles. The van der Waals surface area contributed by atoms with Crippen LogP contribution in [0.3, 0.4) is 0 Å². The number of piperidine rings is 1. The van der Waals surface area contributed by atoms with Gasteiger partial charge in [-0.3, -0.25) is 0 Å². The number of hydrogen-bond donors (Lipinski definition) is 0. The monoisotopic (exact) mass is 304 g/mol. The summed E-state index contributed by atoms with van der Waals surface area (Å²) in [5.74, 6) is 0. The van der Waals surface area contributed by atoms with E-state index in [9.17, 15) is 8.42 Å². The predicted molar refractivity (Wildman–Crippen MR) is 72.5 cm³/mol. The largest absolute Gasteiger partial charge is 0.305 e. The van der Waals surface area contributed by atoms with E-state index in [1.807, 2.05) is 14.1 Å². The van der Waals surface area contributed by atoms with Gasteiger partial charge < -0.3 is 4.90 Å². The van der Waals surface area contributed by atoms with Gasteiger partial charge >= 0.3 is 0 Å². The van der Waals surface area contributed by atoms with Gasteiger partial charge in [-0.1, -0.05) is 0 Å². The van der Waals surface area contributed by atoms with Crippen LogP contribution >= 0.6 is 11.6 Å². The van der Waals surface area contributed by atoms with Gasteiger partial charge in [0.15, 0.2) is 0 Å². The van der Waals surface area contributed by atoms with Crippen LogP contribution in [0.25, 0.3) is 0 Å². The molecule has 0 amide bonds. The van der Waals surface area contributed by atoms with Gasteiger partial charge in [-0.15, -0.1) is 0 Å². The summed E-state index contributed by atoms with van der Waals surface area (Å²) in [7, 11) is 0.407.